The lowest BCUT2D eigenvalue weighted by Gasteiger charge is -2.39. The second kappa shape index (κ2) is 9.36. The molecule has 0 bridgehead atoms. The van der Waals surface area contributed by atoms with Gasteiger partial charge in [-0.15, -0.1) is 11.8 Å². The Kier molecular flexibility index (Phi) is 8.13. The molecule has 3 heteroatoms. The second-order valence-corrected chi connectivity index (χ2v) is 5.75. The summed E-state index contributed by atoms with van der Waals surface area (Å²) < 4.78 is 0. The lowest BCUT2D eigenvalue weighted by molar-refractivity contribution is 0.100. The largest absolute Gasteiger partial charge is 0.314 e. The van der Waals surface area contributed by atoms with Gasteiger partial charge in [0.05, 0.1) is 0 Å². The van der Waals surface area contributed by atoms with Crippen molar-refractivity contribution in [1.82, 2.24) is 15.1 Å². The summed E-state index contributed by atoms with van der Waals surface area (Å²) >= 11 is 0. The summed E-state index contributed by atoms with van der Waals surface area (Å²) in [6.45, 7) is 8.86. The summed E-state index contributed by atoms with van der Waals surface area (Å²) in [4.78, 5) is 4.97. The van der Waals surface area contributed by atoms with E-state index in [1.165, 1.54) is 38.9 Å². The number of piperazine rings is 1. The molecule has 1 heterocycles. The van der Waals surface area contributed by atoms with Crippen molar-refractivity contribution in [2.24, 2.45) is 0 Å². The van der Waals surface area contributed by atoms with Crippen molar-refractivity contribution in [2.45, 2.75) is 51.6 Å². The highest BCUT2D eigenvalue weighted by Crippen LogP contribution is 2.14. The van der Waals surface area contributed by atoms with Crippen LogP contribution in [0.1, 0.15) is 39.5 Å². The molecule has 1 fully saturated rings. The van der Waals surface area contributed by atoms with Crippen molar-refractivity contribution in [3.05, 3.63) is 0 Å². The number of rotatable bonds is 7. The molecule has 1 aliphatic rings. The van der Waals surface area contributed by atoms with Gasteiger partial charge in [-0.25, -0.2) is 0 Å². The van der Waals surface area contributed by atoms with Crippen LogP contribution in [0.5, 0.6) is 0 Å². The molecule has 1 N–H and O–H groups in total. The van der Waals surface area contributed by atoms with Gasteiger partial charge in [0.25, 0.3) is 0 Å². The molecule has 2 atom stereocenters. The van der Waals surface area contributed by atoms with Gasteiger partial charge in [0.15, 0.2) is 0 Å². The first-order valence-corrected chi connectivity index (χ1v) is 7.69. The van der Waals surface area contributed by atoms with Crippen LogP contribution < -0.4 is 5.32 Å². The minimum atomic E-state index is 0.611. The quantitative estimate of drug-likeness (QED) is 0.708. The van der Waals surface area contributed by atoms with Crippen molar-refractivity contribution < 1.29 is 0 Å². The maximum Gasteiger partial charge on any atom is 0.0235 e. The molecule has 1 aliphatic heterocycles. The van der Waals surface area contributed by atoms with Crippen LogP contribution in [0.2, 0.25) is 0 Å². The molecule has 0 aliphatic carbocycles. The topological polar surface area (TPSA) is 18.5 Å². The minimum absolute atomic E-state index is 0.611. The predicted molar refractivity (Wildman–Crippen MR) is 83.3 cm³/mol. The Labute approximate surface area is 119 Å². The summed E-state index contributed by atoms with van der Waals surface area (Å²) in [5.74, 6) is 6.20. The molecule has 2 unspecified atom stereocenters. The summed E-state index contributed by atoms with van der Waals surface area (Å²) in [6, 6.07) is 1.29. The number of nitrogens with one attached hydrogen (secondary N) is 1. The highest BCUT2D eigenvalue weighted by atomic mass is 15.3. The first-order valence-electron chi connectivity index (χ1n) is 7.69. The highest BCUT2D eigenvalue weighted by molar-refractivity contribution is 4.96. The number of hydrogen-bond acceptors (Lipinski definition) is 3. The zero-order chi connectivity index (χ0) is 14.1. The van der Waals surface area contributed by atoms with Gasteiger partial charge in [0.1, 0.15) is 0 Å². The van der Waals surface area contributed by atoms with Crippen molar-refractivity contribution in [3.8, 4) is 11.8 Å². The van der Waals surface area contributed by atoms with Crippen LogP contribution in [0.3, 0.4) is 0 Å². The fourth-order valence-electron chi connectivity index (χ4n) is 2.71. The van der Waals surface area contributed by atoms with Crippen LogP contribution >= 0.6 is 0 Å². The Morgan fingerprint density at radius 1 is 1.32 bits per heavy atom. The second-order valence-electron chi connectivity index (χ2n) is 5.75. The molecule has 0 aromatic carbocycles. The van der Waals surface area contributed by atoms with E-state index >= 15 is 0 Å². The van der Waals surface area contributed by atoms with Crippen LogP contribution in [-0.2, 0) is 0 Å². The van der Waals surface area contributed by atoms with E-state index in [-0.39, 0.29) is 0 Å². The van der Waals surface area contributed by atoms with Crippen molar-refractivity contribution in [1.29, 1.82) is 0 Å². The third-order valence-corrected chi connectivity index (χ3v) is 4.01. The summed E-state index contributed by atoms with van der Waals surface area (Å²) in [5, 5.41) is 3.70. The SMILES string of the molecule is CC#CCCC(CC1CN(C)CCN1C)NCCC. The molecular weight excluding hydrogens is 234 g/mol. The third-order valence-electron chi connectivity index (χ3n) is 4.01. The van der Waals surface area contributed by atoms with E-state index in [0.29, 0.717) is 12.1 Å². The van der Waals surface area contributed by atoms with Gasteiger partial charge >= 0.3 is 0 Å². The molecule has 0 saturated carbocycles. The Morgan fingerprint density at radius 2 is 2.11 bits per heavy atom. The van der Waals surface area contributed by atoms with Crippen LogP contribution in [0, 0.1) is 11.8 Å². The Hall–Kier alpha value is -0.560. The van der Waals surface area contributed by atoms with Gasteiger partial charge in [-0.1, -0.05) is 6.92 Å². The monoisotopic (exact) mass is 265 g/mol. The average molecular weight is 265 g/mol. The molecule has 0 aromatic rings. The lowest BCUT2D eigenvalue weighted by Crippen LogP contribution is -2.52. The average Bonchev–Trinajstić information content (AvgIpc) is 2.40. The van der Waals surface area contributed by atoms with E-state index in [1.54, 1.807) is 0 Å². The van der Waals surface area contributed by atoms with Gasteiger partial charge in [0.2, 0.25) is 0 Å². The van der Waals surface area contributed by atoms with E-state index < -0.39 is 0 Å². The molecule has 0 aromatic heterocycles. The van der Waals surface area contributed by atoms with Crippen molar-refractivity contribution >= 4 is 0 Å². The van der Waals surface area contributed by atoms with Crippen LogP contribution in [0.15, 0.2) is 0 Å². The zero-order valence-corrected chi connectivity index (χ0v) is 13.2. The molecule has 3 nitrogen and oxygen atoms in total. The first kappa shape index (κ1) is 16.5. The number of nitrogens with zero attached hydrogens (tertiary/aromatic N) is 2. The van der Waals surface area contributed by atoms with Gasteiger partial charge in [0, 0.05) is 38.1 Å². The standard InChI is InChI=1S/C16H31N3/c1-5-7-8-9-15(17-10-6-2)13-16-14-18(3)11-12-19(16)4/h15-17H,6,8-14H2,1-4H3. The Morgan fingerprint density at radius 3 is 2.79 bits per heavy atom. The third kappa shape index (κ3) is 6.42. The molecular formula is C16H31N3. The number of hydrogen-bond donors (Lipinski definition) is 1. The fourth-order valence-corrected chi connectivity index (χ4v) is 2.71. The van der Waals surface area contributed by atoms with Crippen LogP contribution in [0.4, 0.5) is 0 Å². The van der Waals surface area contributed by atoms with Gasteiger partial charge in [-0.2, -0.15) is 0 Å². The van der Waals surface area contributed by atoms with E-state index in [1.807, 2.05) is 6.92 Å². The van der Waals surface area contributed by atoms with Crippen molar-refractivity contribution in [2.75, 3.05) is 40.3 Å². The minimum Gasteiger partial charge on any atom is -0.314 e. The predicted octanol–water partition coefficient (Wildman–Crippen LogP) is 1.79. The number of likely N-dealkylation sites (N-methyl/N-ethyl adjacent to an activating group) is 2. The van der Waals surface area contributed by atoms with Gasteiger partial charge in [-0.3, -0.25) is 0 Å². The Balaban J connectivity index is 2.45. The van der Waals surface area contributed by atoms with Crippen molar-refractivity contribution in [3.63, 3.8) is 0 Å². The smallest absolute Gasteiger partial charge is 0.0235 e. The molecule has 19 heavy (non-hydrogen) atoms. The highest BCUT2D eigenvalue weighted by Gasteiger charge is 2.24. The maximum absolute atomic E-state index is 3.70. The first-order chi connectivity index (χ1) is 9.17. The van der Waals surface area contributed by atoms with E-state index in [4.69, 9.17) is 0 Å². The molecule has 0 spiro atoms. The fraction of sp³-hybridized carbons (Fsp3) is 0.875. The molecule has 0 amide bonds. The lowest BCUT2D eigenvalue weighted by atomic mass is 9.99. The van der Waals surface area contributed by atoms with E-state index in [2.05, 4.69) is 48.0 Å². The van der Waals surface area contributed by atoms with Crippen LogP contribution in [0.25, 0.3) is 0 Å². The summed E-state index contributed by atoms with van der Waals surface area (Å²) in [5.41, 5.74) is 0. The molecule has 1 saturated heterocycles. The van der Waals surface area contributed by atoms with Gasteiger partial charge < -0.3 is 15.1 Å². The summed E-state index contributed by atoms with van der Waals surface area (Å²) in [6.07, 6.45) is 4.64. The summed E-state index contributed by atoms with van der Waals surface area (Å²) in [7, 11) is 4.50. The van der Waals surface area contributed by atoms with Crippen LogP contribution in [-0.4, -0.2) is 62.2 Å². The van der Waals surface area contributed by atoms with E-state index in [0.717, 1.165) is 13.0 Å². The maximum atomic E-state index is 3.70. The molecule has 1 rings (SSSR count). The molecule has 110 valence electrons. The van der Waals surface area contributed by atoms with E-state index in [9.17, 15) is 0 Å². The van der Waals surface area contributed by atoms with Gasteiger partial charge in [-0.05, 0) is 46.8 Å². The Bertz CT molecular complexity index is 292. The molecule has 0 radical (unpaired) electrons. The zero-order valence-electron chi connectivity index (χ0n) is 13.2. The normalized spacial score (nSPS) is 22.8.